The molecule has 0 rings (SSSR count). The number of hydrogen-bond acceptors (Lipinski definition) is 5. The fourth-order valence-corrected chi connectivity index (χ4v) is 2.54. The van der Waals surface area contributed by atoms with Gasteiger partial charge < -0.3 is 26.5 Å². The van der Waals surface area contributed by atoms with Gasteiger partial charge in [-0.15, -0.1) is 0 Å². The van der Waals surface area contributed by atoms with Crippen LogP contribution < -0.4 is 21.7 Å². The Morgan fingerprint density at radius 2 is 1.54 bits per heavy atom. The molecule has 9 nitrogen and oxygen atoms in total. The maximum Gasteiger partial charge on any atom is 0.312 e. The minimum Gasteiger partial charge on any atom is -0.352 e. The molecule has 0 spiro atoms. The van der Waals surface area contributed by atoms with Crippen LogP contribution in [-0.4, -0.2) is 48.0 Å². The third kappa shape index (κ3) is 10.6. The molecule has 0 saturated carbocycles. The van der Waals surface area contributed by atoms with Gasteiger partial charge >= 0.3 is 6.03 Å². The Balaban J connectivity index is 4.99. The Morgan fingerprint density at radius 3 is 2.00 bits per heavy atom. The second-order valence-corrected chi connectivity index (χ2v) is 7.54. The van der Waals surface area contributed by atoms with Gasteiger partial charge in [0.1, 0.15) is 11.8 Å². The molecule has 0 aromatic rings. The van der Waals surface area contributed by atoms with Crippen molar-refractivity contribution < 1.29 is 24.0 Å². The Hall–Kier alpha value is -2.45. The molecular weight excluding hydrogens is 364 g/mol. The van der Waals surface area contributed by atoms with Crippen LogP contribution in [0.15, 0.2) is 0 Å². The van der Waals surface area contributed by atoms with Crippen molar-refractivity contribution in [3.8, 4) is 0 Å². The highest BCUT2D eigenvalue weighted by atomic mass is 16.2. The van der Waals surface area contributed by atoms with E-state index in [-0.39, 0.29) is 42.2 Å². The molecule has 0 bridgehead atoms. The van der Waals surface area contributed by atoms with Crippen LogP contribution in [0.4, 0.5) is 4.79 Å². The van der Waals surface area contributed by atoms with E-state index in [2.05, 4.69) is 16.0 Å². The summed E-state index contributed by atoms with van der Waals surface area (Å²) in [7, 11) is 0. The van der Waals surface area contributed by atoms with Crippen LogP contribution in [0.25, 0.3) is 0 Å². The van der Waals surface area contributed by atoms with E-state index in [1.54, 1.807) is 27.7 Å². The second kappa shape index (κ2) is 12.9. The summed E-state index contributed by atoms with van der Waals surface area (Å²) in [5, 5.41) is 7.81. The number of primary amides is 1. The first-order valence-corrected chi connectivity index (χ1v) is 9.61. The minimum absolute atomic E-state index is 0.0129. The lowest BCUT2D eigenvalue weighted by Gasteiger charge is -2.26. The molecule has 0 fully saturated rings. The molecule has 9 heteroatoms. The van der Waals surface area contributed by atoms with Crippen LogP contribution in [-0.2, 0) is 19.2 Å². The van der Waals surface area contributed by atoms with Crippen LogP contribution in [0, 0.1) is 11.8 Å². The molecule has 0 aliphatic rings. The van der Waals surface area contributed by atoms with Crippen LogP contribution in [0.1, 0.15) is 60.3 Å². The lowest BCUT2D eigenvalue weighted by atomic mass is 9.96. The van der Waals surface area contributed by atoms with Gasteiger partial charge in [-0.25, -0.2) is 4.79 Å². The fraction of sp³-hybridized carbons (Fsp3) is 0.737. The maximum absolute atomic E-state index is 12.7. The first kappa shape index (κ1) is 25.6. The fourth-order valence-electron chi connectivity index (χ4n) is 2.54. The summed E-state index contributed by atoms with van der Waals surface area (Å²) in [6.07, 6.45) is 0.925. The van der Waals surface area contributed by atoms with Gasteiger partial charge in [-0.1, -0.05) is 27.7 Å². The van der Waals surface area contributed by atoms with Gasteiger partial charge in [-0.2, -0.15) is 0 Å². The normalized spacial score (nSPS) is 13.0. The molecule has 28 heavy (non-hydrogen) atoms. The molecule has 1 unspecified atom stereocenters. The molecule has 160 valence electrons. The monoisotopic (exact) mass is 398 g/mol. The highest BCUT2D eigenvalue weighted by Crippen LogP contribution is 2.09. The van der Waals surface area contributed by atoms with Crippen molar-refractivity contribution in [3.05, 3.63) is 0 Å². The van der Waals surface area contributed by atoms with E-state index in [0.717, 1.165) is 0 Å². The van der Waals surface area contributed by atoms with Gasteiger partial charge in [0.15, 0.2) is 5.78 Å². The number of Topliss-reactive ketones (excluding diaryl/α,β-unsaturated/α-hetero) is 2. The van der Waals surface area contributed by atoms with Gasteiger partial charge in [0.2, 0.25) is 11.8 Å². The number of ketones is 2. The number of hydrogen-bond donors (Lipinski definition) is 4. The number of nitrogens with two attached hydrogens (primary N) is 1. The van der Waals surface area contributed by atoms with Gasteiger partial charge in [-0.3, -0.25) is 14.4 Å². The van der Waals surface area contributed by atoms with Crippen LogP contribution >= 0.6 is 0 Å². The average molecular weight is 399 g/mol. The standard InChI is InChI=1S/C19H34N4O5/c1-11(2)16(23-15(25)9-8-13(5)24)18(27)22-14(17(26)12(3)4)7-6-10-21-19(20)28/h11-12,14,16H,6-10H2,1-5H3,(H,22,27)(H,23,25)(H3,20,21,28)/t14-,16?/m0/s1. The summed E-state index contributed by atoms with van der Waals surface area (Å²) >= 11 is 0. The van der Waals surface area contributed by atoms with Crippen molar-refractivity contribution in [3.63, 3.8) is 0 Å². The molecule has 0 aromatic carbocycles. The zero-order valence-corrected chi connectivity index (χ0v) is 17.5. The Labute approximate surface area is 166 Å². The van der Waals surface area contributed by atoms with E-state index in [1.165, 1.54) is 6.92 Å². The van der Waals surface area contributed by atoms with Crippen molar-refractivity contribution in [1.82, 2.24) is 16.0 Å². The van der Waals surface area contributed by atoms with Crippen LogP contribution in [0.5, 0.6) is 0 Å². The van der Waals surface area contributed by atoms with Gasteiger partial charge in [0, 0.05) is 25.3 Å². The first-order valence-electron chi connectivity index (χ1n) is 9.61. The Morgan fingerprint density at radius 1 is 0.929 bits per heavy atom. The van der Waals surface area contributed by atoms with Crippen molar-refractivity contribution in [2.45, 2.75) is 72.4 Å². The minimum atomic E-state index is -0.814. The van der Waals surface area contributed by atoms with E-state index in [9.17, 15) is 24.0 Å². The largest absolute Gasteiger partial charge is 0.352 e. The molecule has 0 heterocycles. The molecule has 0 radical (unpaired) electrons. The molecule has 0 aliphatic carbocycles. The number of carbonyl (C=O) groups excluding carboxylic acids is 5. The summed E-state index contributed by atoms with van der Waals surface area (Å²) in [4.78, 5) is 58.9. The van der Waals surface area contributed by atoms with Crippen molar-refractivity contribution in [1.29, 1.82) is 0 Å². The number of urea groups is 1. The van der Waals surface area contributed by atoms with Crippen molar-refractivity contribution in [2.24, 2.45) is 17.6 Å². The quantitative estimate of drug-likeness (QED) is 0.336. The highest BCUT2D eigenvalue weighted by molar-refractivity contribution is 5.94. The van der Waals surface area contributed by atoms with Crippen LogP contribution in [0.3, 0.4) is 0 Å². The third-order valence-corrected chi connectivity index (χ3v) is 4.17. The summed E-state index contributed by atoms with van der Waals surface area (Å²) in [6.45, 7) is 8.74. The number of amides is 4. The lowest BCUT2D eigenvalue weighted by Crippen LogP contribution is -2.54. The Bertz CT molecular complexity index is 575. The summed E-state index contributed by atoms with van der Waals surface area (Å²) in [6, 6.07) is -2.19. The predicted molar refractivity (Wildman–Crippen MR) is 105 cm³/mol. The second-order valence-electron chi connectivity index (χ2n) is 7.54. The summed E-state index contributed by atoms with van der Waals surface area (Å²) < 4.78 is 0. The average Bonchev–Trinajstić information content (AvgIpc) is 2.58. The maximum atomic E-state index is 12.7. The van der Waals surface area contributed by atoms with Gasteiger partial charge in [0.25, 0.3) is 0 Å². The first-order chi connectivity index (χ1) is 13.0. The van der Waals surface area contributed by atoms with Gasteiger partial charge in [-0.05, 0) is 25.7 Å². The zero-order valence-electron chi connectivity index (χ0n) is 17.5. The zero-order chi connectivity index (χ0) is 21.9. The van der Waals surface area contributed by atoms with E-state index in [1.807, 2.05) is 0 Å². The topological polar surface area (TPSA) is 147 Å². The molecule has 4 amide bonds. The molecule has 0 saturated heterocycles. The van der Waals surface area contributed by atoms with E-state index >= 15 is 0 Å². The van der Waals surface area contributed by atoms with Gasteiger partial charge in [0.05, 0.1) is 6.04 Å². The predicted octanol–water partition coefficient (Wildman–Crippen LogP) is 0.655. The number of nitrogens with one attached hydrogen (secondary N) is 3. The molecule has 0 aliphatic heterocycles. The van der Waals surface area contributed by atoms with Crippen molar-refractivity contribution >= 4 is 29.4 Å². The number of rotatable bonds is 13. The molecule has 5 N–H and O–H groups in total. The molecule has 2 atom stereocenters. The van der Waals surface area contributed by atoms with E-state index in [4.69, 9.17) is 5.73 Å². The molecule has 0 aromatic heterocycles. The highest BCUT2D eigenvalue weighted by Gasteiger charge is 2.29. The summed E-state index contributed by atoms with van der Waals surface area (Å²) in [5.41, 5.74) is 5.01. The van der Waals surface area contributed by atoms with Crippen LogP contribution in [0.2, 0.25) is 0 Å². The molecular formula is C19H34N4O5. The number of carbonyl (C=O) groups is 5. The van der Waals surface area contributed by atoms with E-state index in [0.29, 0.717) is 19.4 Å². The summed E-state index contributed by atoms with van der Waals surface area (Å²) in [5.74, 6) is -1.55. The van der Waals surface area contributed by atoms with Crippen molar-refractivity contribution in [2.75, 3.05) is 6.54 Å². The lowest BCUT2D eigenvalue weighted by molar-refractivity contribution is -0.133. The SMILES string of the molecule is CC(=O)CCC(=O)NC(C(=O)N[C@@H](CCCNC(N)=O)C(=O)C(C)C)C(C)C. The Kier molecular flexibility index (Phi) is 11.7. The third-order valence-electron chi connectivity index (χ3n) is 4.17. The van der Waals surface area contributed by atoms with E-state index < -0.39 is 24.0 Å². The smallest absolute Gasteiger partial charge is 0.312 e.